The number of hydrogen-bond acceptors (Lipinski definition) is 4. The predicted octanol–water partition coefficient (Wildman–Crippen LogP) is 1.86. The quantitative estimate of drug-likeness (QED) is 0.811. The van der Waals surface area contributed by atoms with E-state index in [2.05, 4.69) is 5.32 Å². The van der Waals surface area contributed by atoms with E-state index in [1.165, 1.54) is 18.2 Å². The average Bonchev–Trinajstić information content (AvgIpc) is 2.31. The highest BCUT2D eigenvalue weighted by atomic mass is 35.5. The van der Waals surface area contributed by atoms with Gasteiger partial charge in [-0.2, -0.15) is 0 Å². The van der Waals surface area contributed by atoms with Crippen LogP contribution in [0, 0.1) is 5.92 Å². The minimum absolute atomic E-state index is 0.0101. The zero-order valence-electron chi connectivity index (χ0n) is 11.7. The molecule has 0 saturated heterocycles. The van der Waals surface area contributed by atoms with Gasteiger partial charge in [-0.05, 0) is 31.0 Å². The van der Waals surface area contributed by atoms with Gasteiger partial charge in [0, 0.05) is 6.04 Å². The fourth-order valence-electron chi connectivity index (χ4n) is 1.42. The molecule has 0 bridgehead atoms. The monoisotopic (exact) mass is 318 g/mol. The summed E-state index contributed by atoms with van der Waals surface area (Å²) in [5.74, 6) is -0.906. The molecule has 0 saturated carbocycles. The molecule has 7 heteroatoms. The molecule has 112 valence electrons. The van der Waals surface area contributed by atoms with Crippen LogP contribution in [0.3, 0.4) is 0 Å². The Hall–Kier alpha value is -1.27. The van der Waals surface area contributed by atoms with Gasteiger partial charge >= 0.3 is 0 Å². The van der Waals surface area contributed by atoms with Crippen LogP contribution in [0.25, 0.3) is 0 Å². The lowest BCUT2D eigenvalue weighted by Crippen LogP contribution is -2.39. The van der Waals surface area contributed by atoms with Gasteiger partial charge in [-0.25, -0.2) is 8.42 Å². The first kappa shape index (κ1) is 16.8. The van der Waals surface area contributed by atoms with Crippen molar-refractivity contribution in [3.8, 4) is 0 Å². The standard InChI is InChI=1S/C13H19ClN2O3S/c1-8(2)9(3)16-13(17)7-20(18,19)10-4-5-12(15)11(14)6-10/h4-6,8-9H,7,15H2,1-3H3,(H,16,17). The smallest absolute Gasteiger partial charge is 0.235 e. The average molecular weight is 319 g/mol. The van der Waals surface area contributed by atoms with Gasteiger partial charge in [0.1, 0.15) is 5.75 Å². The van der Waals surface area contributed by atoms with Gasteiger partial charge in [0.25, 0.3) is 0 Å². The van der Waals surface area contributed by atoms with Crippen molar-refractivity contribution in [1.29, 1.82) is 0 Å². The van der Waals surface area contributed by atoms with Crippen LogP contribution in [0.15, 0.2) is 23.1 Å². The highest BCUT2D eigenvalue weighted by Gasteiger charge is 2.21. The normalized spacial score (nSPS) is 13.2. The molecule has 1 amide bonds. The Morgan fingerprint density at radius 2 is 1.95 bits per heavy atom. The van der Waals surface area contributed by atoms with Crippen LogP contribution in [0.4, 0.5) is 5.69 Å². The molecule has 0 fully saturated rings. The summed E-state index contributed by atoms with van der Waals surface area (Å²) in [4.78, 5) is 11.7. The number of benzene rings is 1. The number of nitrogens with one attached hydrogen (secondary N) is 1. The fourth-order valence-corrected chi connectivity index (χ4v) is 2.83. The summed E-state index contributed by atoms with van der Waals surface area (Å²) in [6.45, 7) is 5.72. The number of nitrogens with two attached hydrogens (primary N) is 1. The Kier molecular flexibility index (Phi) is 5.42. The summed E-state index contributed by atoms with van der Waals surface area (Å²) >= 11 is 5.79. The maximum atomic E-state index is 12.1. The summed E-state index contributed by atoms with van der Waals surface area (Å²) in [5.41, 5.74) is 5.82. The Morgan fingerprint density at radius 3 is 2.45 bits per heavy atom. The third-order valence-corrected chi connectivity index (χ3v) is 4.98. The minimum Gasteiger partial charge on any atom is -0.398 e. The molecular weight excluding hydrogens is 300 g/mol. The molecule has 0 spiro atoms. The van der Waals surface area contributed by atoms with Crippen molar-refractivity contribution >= 4 is 33.0 Å². The van der Waals surface area contributed by atoms with Crippen LogP contribution >= 0.6 is 11.6 Å². The molecule has 1 atom stereocenters. The zero-order valence-corrected chi connectivity index (χ0v) is 13.3. The Labute approximate surface area is 124 Å². The summed E-state index contributed by atoms with van der Waals surface area (Å²) in [7, 11) is -3.72. The van der Waals surface area contributed by atoms with Gasteiger partial charge in [-0.15, -0.1) is 0 Å². The van der Waals surface area contributed by atoms with Crippen LogP contribution in [-0.2, 0) is 14.6 Å². The van der Waals surface area contributed by atoms with Gasteiger partial charge in [-0.3, -0.25) is 4.79 Å². The van der Waals surface area contributed by atoms with Crippen molar-refractivity contribution in [1.82, 2.24) is 5.32 Å². The highest BCUT2D eigenvalue weighted by molar-refractivity contribution is 7.92. The molecule has 3 N–H and O–H groups in total. The van der Waals surface area contributed by atoms with Crippen molar-refractivity contribution in [3.63, 3.8) is 0 Å². The van der Waals surface area contributed by atoms with E-state index in [1.807, 2.05) is 20.8 Å². The number of nitrogen functional groups attached to an aromatic ring is 1. The Morgan fingerprint density at radius 1 is 1.35 bits per heavy atom. The van der Waals surface area contributed by atoms with Crippen LogP contribution in [0.5, 0.6) is 0 Å². The van der Waals surface area contributed by atoms with Gasteiger partial charge < -0.3 is 11.1 Å². The van der Waals surface area contributed by atoms with E-state index < -0.39 is 21.5 Å². The van der Waals surface area contributed by atoms with Crippen LogP contribution in [0.1, 0.15) is 20.8 Å². The molecular formula is C13H19ClN2O3S. The lowest BCUT2D eigenvalue weighted by Gasteiger charge is -2.17. The summed E-state index contributed by atoms with van der Waals surface area (Å²) < 4.78 is 24.2. The molecule has 0 radical (unpaired) electrons. The Balaban J connectivity index is 2.84. The van der Waals surface area contributed by atoms with E-state index in [-0.39, 0.29) is 21.9 Å². The maximum absolute atomic E-state index is 12.1. The second-order valence-corrected chi connectivity index (χ2v) is 7.44. The molecule has 0 heterocycles. The van der Waals surface area contributed by atoms with E-state index in [0.717, 1.165) is 0 Å². The SMILES string of the molecule is CC(C)C(C)NC(=O)CS(=O)(=O)c1ccc(N)c(Cl)c1. The van der Waals surface area contributed by atoms with E-state index >= 15 is 0 Å². The fraction of sp³-hybridized carbons (Fsp3) is 0.462. The first-order valence-electron chi connectivity index (χ1n) is 6.20. The molecule has 1 unspecified atom stereocenters. The van der Waals surface area contributed by atoms with Gasteiger partial charge in [0.05, 0.1) is 15.6 Å². The molecule has 0 aliphatic carbocycles. The van der Waals surface area contributed by atoms with Crippen molar-refractivity contribution in [2.24, 2.45) is 5.92 Å². The number of halogens is 1. The van der Waals surface area contributed by atoms with E-state index in [0.29, 0.717) is 5.69 Å². The van der Waals surface area contributed by atoms with Gasteiger partial charge in [0.2, 0.25) is 5.91 Å². The zero-order chi connectivity index (χ0) is 15.5. The molecule has 1 rings (SSSR count). The number of rotatable bonds is 5. The summed E-state index contributed by atoms with van der Waals surface area (Å²) in [6.07, 6.45) is 0. The van der Waals surface area contributed by atoms with Crippen LogP contribution < -0.4 is 11.1 Å². The van der Waals surface area contributed by atoms with Crippen molar-refractivity contribution in [3.05, 3.63) is 23.2 Å². The largest absolute Gasteiger partial charge is 0.398 e. The number of carbonyl (C=O) groups is 1. The lowest BCUT2D eigenvalue weighted by molar-refractivity contribution is -0.119. The molecule has 20 heavy (non-hydrogen) atoms. The van der Waals surface area contributed by atoms with Crippen molar-refractivity contribution in [2.45, 2.75) is 31.7 Å². The number of carbonyl (C=O) groups excluding carboxylic acids is 1. The molecule has 0 aliphatic heterocycles. The first-order chi connectivity index (χ1) is 9.13. The topological polar surface area (TPSA) is 89.3 Å². The van der Waals surface area contributed by atoms with Crippen LogP contribution in [-0.4, -0.2) is 26.1 Å². The van der Waals surface area contributed by atoms with Crippen molar-refractivity contribution < 1.29 is 13.2 Å². The van der Waals surface area contributed by atoms with Crippen LogP contribution in [0.2, 0.25) is 5.02 Å². The first-order valence-corrected chi connectivity index (χ1v) is 8.23. The number of sulfone groups is 1. The van der Waals surface area contributed by atoms with Crippen molar-refractivity contribution in [2.75, 3.05) is 11.5 Å². The number of hydrogen-bond donors (Lipinski definition) is 2. The number of anilines is 1. The van der Waals surface area contributed by atoms with Gasteiger partial charge in [0.15, 0.2) is 9.84 Å². The second-order valence-electron chi connectivity index (χ2n) is 5.04. The van der Waals surface area contributed by atoms with E-state index in [9.17, 15) is 13.2 Å². The molecule has 1 aromatic rings. The predicted molar refractivity (Wildman–Crippen MR) is 80.4 cm³/mol. The van der Waals surface area contributed by atoms with E-state index in [1.54, 1.807) is 0 Å². The molecule has 1 aromatic carbocycles. The highest BCUT2D eigenvalue weighted by Crippen LogP contribution is 2.23. The summed E-state index contributed by atoms with van der Waals surface area (Å²) in [5, 5.41) is 2.81. The summed E-state index contributed by atoms with van der Waals surface area (Å²) in [6, 6.07) is 3.91. The third kappa shape index (κ3) is 4.38. The Bertz CT molecular complexity index is 600. The maximum Gasteiger partial charge on any atom is 0.235 e. The molecule has 0 aromatic heterocycles. The second kappa shape index (κ2) is 6.45. The van der Waals surface area contributed by atoms with E-state index in [4.69, 9.17) is 17.3 Å². The minimum atomic E-state index is -3.72. The molecule has 0 aliphatic rings. The van der Waals surface area contributed by atoms with Gasteiger partial charge in [-0.1, -0.05) is 25.4 Å². The third-order valence-electron chi connectivity index (χ3n) is 3.04. The lowest BCUT2D eigenvalue weighted by atomic mass is 10.1. The molecule has 5 nitrogen and oxygen atoms in total. The number of amides is 1.